The van der Waals surface area contributed by atoms with Crippen LogP contribution < -0.4 is 5.73 Å². The number of carbonyl (C=O) groups is 2. The second-order valence-electron chi connectivity index (χ2n) is 16.9. The maximum absolute atomic E-state index is 12.7. The van der Waals surface area contributed by atoms with E-state index in [0.29, 0.717) is 13.0 Å². The summed E-state index contributed by atoms with van der Waals surface area (Å²) < 4.78 is 33.5. The minimum Gasteiger partial charge on any atom is -0.480 e. The topological polar surface area (TPSA) is 155 Å². The molecule has 0 aromatic rings. The van der Waals surface area contributed by atoms with E-state index < -0.39 is 45.1 Å². The van der Waals surface area contributed by atoms with Gasteiger partial charge in [0.2, 0.25) is 0 Å². The molecule has 0 amide bonds. The molecule has 0 spiro atoms. The molecule has 3 atom stereocenters. The number of hydrogen-bond acceptors (Lipinski definition) is 8. The van der Waals surface area contributed by atoms with Crippen LogP contribution in [0.15, 0.2) is 85.1 Å². The van der Waals surface area contributed by atoms with Crippen LogP contribution >= 0.6 is 7.82 Å². The van der Waals surface area contributed by atoms with E-state index in [2.05, 4.69) is 98.9 Å². The third-order valence-corrected chi connectivity index (χ3v) is 11.6. The Kier molecular flexibility index (Phi) is 46.9. The van der Waals surface area contributed by atoms with Crippen LogP contribution in [0.3, 0.4) is 0 Å². The van der Waals surface area contributed by atoms with Crippen LogP contribution in [0.4, 0.5) is 0 Å². The minimum atomic E-state index is -4.63. The van der Waals surface area contributed by atoms with Crippen LogP contribution in [-0.2, 0) is 32.7 Å². The normalized spacial score (nSPS) is 14.4. The van der Waals surface area contributed by atoms with Crippen molar-refractivity contribution in [3.05, 3.63) is 85.1 Å². The number of carbonyl (C=O) groups excluding carboxylic acids is 1. The molecular weight excluding hydrogens is 838 g/mol. The lowest BCUT2D eigenvalue weighted by Crippen LogP contribution is -2.34. The molecule has 11 heteroatoms. The lowest BCUT2D eigenvalue weighted by molar-refractivity contribution is -0.154. The number of carboxylic acids is 1. The first-order valence-corrected chi connectivity index (χ1v) is 27.1. The SMILES string of the molecule is CC/C=C\C/C=C\C/C=C\C/C=C\CCCCCCCCC(=O)OC(COCCCCCCCCCCC/C=C\C/C=C\C/C=C\CCCCCCC)COP(=O)(O)OCC(N)C(=O)O. The van der Waals surface area contributed by atoms with Crippen LogP contribution in [0.25, 0.3) is 0 Å². The van der Waals surface area contributed by atoms with E-state index in [4.69, 9.17) is 29.4 Å². The van der Waals surface area contributed by atoms with Crippen LogP contribution in [0.5, 0.6) is 0 Å². The molecule has 0 aromatic carbocycles. The fourth-order valence-electron chi connectivity index (χ4n) is 6.72. The maximum Gasteiger partial charge on any atom is 0.472 e. The van der Waals surface area contributed by atoms with E-state index in [1.807, 2.05) is 0 Å². The third kappa shape index (κ3) is 48.9. The van der Waals surface area contributed by atoms with Gasteiger partial charge in [0, 0.05) is 13.0 Å². The van der Waals surface area contributed by atoms with Crippen LogP contribution in [0, 0.1) is 0 Å². The van der Waals surface area contributed by atoms with Crippen molar-refractivity contribution in [2.75, 3.05) is 26.4 Å². The van der Waals surface area contributed by atoms with Crippen molar-refractivity contribution < 1.29 is 42.7 Å². The van der Waals surface area contributed by atoms with E-state index in [1.54, 1.807) is 0 Å². The van der Waals surface area contributed by atoms with Gasteiger partial charge in [0.1, 0.15) is 12.1 Å². The average molecular weight is 932 g/mol. The second kappa shape index (κ2) is 49.1. The quantitative estimate of drug-likeness (QED) is 0.0232. The minimum absolute atomic E-state index is 0.00248. The summed E-state index contributed by atoms with van der Waals surface area (Å²) in [7, 11) is -4.63. The van der Waals surface area contributed by atoms with Crippen molar-refractivity contribution in [3.63, 3.8) is 0 Å². The van der Waals surface area contributed by atoms with Crippen LogP contribution in [0.2, 0.25) is 0 Å². The van der Waals surface area contributed by atoms with Gasteiger partial charge in [0.05, 0.1) is 19.8 Å². The monoisotopic (exact) mass is 932 g/mol. The molecule has 0 fully saturated rings. The van der Waals surface area contributed by atoms with Crippen molar-refractivity contribution >= 4 is 19.8 Å². The Hall–Kier alpha value is -2.85. The Labute approximate surface area is 397 Å². The highest BCUT2D eigenvalue weighted by molar-refractivity contribution is 7.47. The number of nitrogens with two attached hydrogens (primary N) is 1. The van der Waals surface area contributed by atoms with Gasteiger partial charge in [0.15, 0.2) is 0 Å². The zero-order chi connectivity index (χ0) is 47.6. The highest BCUT2D eigenvalue weighted by Gasteiger charge is 2.27. The third-order valence-electron chi connectivity index (χ3n) is 10.7. The summed E-state index contributed by atoms with van der Waals surface area (Å²) in [5.74, 6) is -1.80. The summed E-state index contributed by atoms with van der Waals surface area (Å²) in [6.45, 7) is 3.73. The molecule has 0 heterocycles. The molecule has 0 saturated carbocycles. The molecule has 4 N–H and O–H groups in total. The molecular formula is C54H94NO9P. The van der Waals surface area contributed by atoms with Gasteiger partial charge in [0.25, 0.3) is 0 Å². The number of allylic oxidation sites excluding steroid dienone is 14. The van der Waals surface area contributed by atoms with E-state index in [-0.39, 0.29) is 13.0 Å². The molecule has 0 aliphatic rings. The molecule has 0 aliphatic carbocycles. The molecule has 0 radical (unpaired) electrons. The Morgan fingerprint density at radius 2 is 0.892 bits per heavy atom. The number of esters is 1. The number of aliphatic carboxylic acids is 1. The lowest BCUT2D eigenvalue weighted by Gasteiger charge is -2.20. The smallest absolute Gasteiger partial charge is 0.472 e. The second-order valence-corrected chi connectivity index (χ2v) is 18.4. The molecule has 374 valence electrons. The van der Waals surface area contributed by atoms with Crippen molar-refractivity contribution in [1.82, 2.24) is 0 Å². The first-order valence-electron chi connectivity index (χ1n) is 25.6. The molecule has 0 aromatic heterocycles. The number of unbranched alkanes of at least 4 members (excludes halogenated alkanes) is 20. The number of phosphoric ester groups is 1. The zero-order valence-corrected chi connectivity index (χ0v) is 42.0. The first kappa shape index (κ1) is 62.1. The first-order chi connectivity index (χ1) is 31.7. The number of carboxylic acid groups (broad SMARTS) is 1. The fourth-order valence-corrected chi connectivity index (χ4v) is 7.50. The average Bonchev–Trinajstić information content (AvgIpc) is 3.29. The molecule has 10 nitrogen and oxygen atoms in total. The summed E-state index contributed by atoms with van der Waals surface area (Å²) in [5.41, 5.74) is 5.37. The van der Waals surface area contributed by atoms with Gasteiger partial charge in [-0.25, -0.2) is 4.57 Å². The Bertz CT molecular complexity index is 1360. The molecule has 0 saturated heterocycles. The Morgan fingerprint density at radius 3 is 1.34 bits per heavy atom. The summed E-state index contributed by atoms with van der Waals surface area (Å²) in [6, 6.07) is -1.48. The maximum atomic E-state index is 12.7. The summed E-state index contributed by atoms with van der Waals surface area (Å²) >= 11 is 0. The van der Waals surface area contributed by atoms with Crippen molar-refractivity contribution in [1.29, 1.82) is 0 Å². The fraction of sp³-hybridized carbons (Fsp3) is 0.704. The van der Waals surface area contributed by atoms with Crippen molar-refractivity contribution in [2.24, 2.45) is 5.73 Å². The van der Waals surface area contributed by atoms with Gasteiger partial charge in [-0.3, -0.25) is 18.6 Å². The number of rotatable bonds is 48. The van der Waals surface area contributed by atoms with E-state index in [1.165, 1.54) is 77.0 Å². The highest BCUT2D eigenvalue weighted by Crippen LogP contribution is 2.43. The predicted molar refractivity (Wildman–Crippen MR) is 272 cm³/mol. The van der Waals surface area contributed by atoms with Crippen molar-refractivity contribution in [3.8, 4) is 0 Å². The molecule has 3 unspecified atom stereocenters. The van der Waals surface area contributed by atoms with Gasteiger partial charge in [-0.1, -0.05) is 195 Å². The zero-order valence-electron chi connectivity index (χ0n) is 41.1. The van der Waals surface area contributed by atoms with Gasteiger partial charge < -0.3 is 25.2 Å². The Balaban J connectivity index is 4.19. The summed E-state index contributed by atoms with van der Waals surface area (Å²) in [6.07, 6.45) is 63.5. The number of ether oxygens (including phenoxy) is 2. The number of hydrogen-bond donors (Lipinski definition) is 3. The standard InChI is InChI=1S/C54H94NO9P/c1-3-5-7-9-11-13-15-17-19-21-23-24-25-26-27-29-31-33-35-37-39-41-43-45-47-61-48-51(49-62-65(59,60)63-50-52(55)54(57)58)64-53(56)46-44-42-40-38-36-34-32-30-28-22-20-18-16-14-12-10-8-6-4-2/h6,8,12,14-15,17-18,20-21,23,25-26,28,30,51-52H,3-5,7,9-11,13,16,19,22,24,27,29,31-50,55H2,1-2H3,(H,57,58)(H,59,60)/b8-6-,14-12-,17-15-,20-18-,23-21-,26-25-,30-28-. The van der Waals surface area contributed by atoms with Crippen LogP contribution in [-0.4, -0.2) is 60.5 Å². The molecule has 65 heavy (non-hydrogen) atoms. The van der Waals surface area contributed by atoms with Crippen LogP contribution in [0.1, 0.15) is 206 Å². The molecule has 0 bridgehead atoms. The van der Waals surface area contributed by atoms with Gasteiger partial charge >= 0.3 is 19.8 Å². The van der Waals surface area contributed by atoms with E-state index >= 15 is 0 Å². The van der Waals surface area contributed by atoms with Gasteiger partial charge in [-0.2, -0.15) is 0 Å². The van der Waals surface area contributed by atoms with Gasteiger partial charge in [-0.15, -0.1) is 0 Å². The molecule has 0 rings (SSSR count). The Morgan fingerprint density at radius 1 is 0.508 bits per heavy atom. The largest absolute Gasteiger partial charge is 0.480 e. The van der Waals surface area contributed by atoms with Gasteiger partial charge in [-0.05, 0) is 89.9 Å². The highest BCUT2D eigenvalue weighted by atomic mass is 31.2. The van der Waals surface area contributed by atoms with E-state index in [9.17, 15) is 19.0 Å². The number of phosphoric acid groups is 1. The summed E-state index contributed by atoms with van der Waals surface area (Å²) in [4.78, 5) is 33.7. The lowest BCUT2D eigenvalue weighted by atomic mass is 10.1. The summed E-state index contributed by atoms with van der Waals surface area (Å²) in [5, 5.41) is 8.93. The predicted octanol–water partition coefficient (Wildman–Crippen LogP) is 15.1. The molecule has 0 aliphatic heterocycles. The van der Waals surface area contributed by atoms with E-state index in [0.717, 1.165) is 103 Å². The van der Waals surface area contributed by atoms with Crippen molar-refractivity contribution in [2.45, 2.75) is 219 Å².